The van der Waals surface area contributed by atoms with Crippen molar-refractivity contribution in [1.82, 2.24) is 10.4 Å². The molecule has 1 saturated heterocycles. The minimum absolute atomic E-state index is 0.509. The van der Waals surface area contributed by atoms with Crippen LogP contribution in [0, 0.1) is 0 Å². The molecule has 1 aromatic carbocycles. The zero-order chi connectivity index (χ0) is 13.0. The summed E-state index contributed by atoms with van der Waals surface area (Å²) >= 11 is 17.0. The van der Waals surface area contributed by atoms with Crippen molar-refractivity contribution in [2.45, 2.75) is 0 Å². The van der Waals surface area contributed by atoms with E-state index in [1.165, 1.54) is 0 Å². The maximum atomic E-state index is 5.91. The highest BCUT2D eigenvalue weighted by molar-refractivity contribution is 7.80. The fourth-order valence-corrected chi connectivity index (χ4v) is 2.38. The zero-order valence-electron chi connectivity index (χ0n) is 9.58. The van der Waals surface area contributed by atoms with E-state index in [9.17, 15) is 0 Å². The van der Waals surface area contributed by atoms with E-state index in [0.717, 1.165) is 18.8 Å². The van der Waals surface area contributed by atoms with Crippen LogP contribution in [0.3, 0.4) is 0 Å². The van der Waals surface area contributed by atoms with Gasteiger partial charge in [0.25, 0.3) is 0 Å². The summed E-state index contributed by atoms with van der Waals surface area (Å²) in [7, 11) is 0. The third-order valence-corrected chi connectivity index (χ3v) is 3.02. The molecular formula is C11H13Cl2N3OS. The molecule has 1 aliphatic rings. The number of halogens is 2. The van der Waals surface area contributed by atoms with Crippen LogP contribution in [0.2, 0.25) is 10.0 Å². The summed E-state index contributed by atoms with van der Waals surface area (Å²) in [6.45, 7) is 3.02. The minimum atomic E-state index is 0.509. The van der Waals surface area contributed by atoms with Crippen LogP contribution in [0.25, 0.3) is 0 Å². The van der Waals surface area contributed by atoms with Crippen molar-refractivity contribution in [3.8, 4) is 0 Å². The highest BCUT2D eigenvalue weighted by Crippen LogP contribution is 2.22. The molecule has 0 aromatic heterocycles. The molecule has 0 aliphatic carbocycles. The molecule has 1 fully saturated rings. The van der Waals surface area contributed by atoms with Crippen LogP contribution >= 0.6 is 35.4 Å². The van der Waals surface area contributed by atoms with Crippen LogP contribution < -0.4 is 10.7 Å². The lowest BCUT2D eigenvalue weighted by Gasteiger charge is -2.28. The number of anilines is 1. The third-order valence-electron chi connectivity index (χ3n) is 2.39. The second-order valence-electron chi connectivity index (χ2n) is 3.82. The van der Waals surface area contributed by atoms with Crippen LogP contribution in [0.5, 0.6) is 0 Å². The van der Waals surface area contributed by atoms with Gasteiger partial charge in [0.2, 0.25) is 0 Å². The number of morpholine rings is 1. The summed E-state index contributed by atoms with van der Waals surface area (Å²) in [5, 5.41) is 6.69. The molecule has 18 heavy (non-hydrogen) atoms. The van der Waals surface area contributed by atoms with Gasteiger partial charge in [0.05, 0.1) is 13.2 Å². The Morgan fingerprint density at radius 3 is 2.39 bits per heavy atom. The van der Waals surface area contributed by atoms with Crippen LogP contribution in [-0.2, 0) is 4.74 Å². The Kier molecular flexibility index (Phi) is 5.03. The number of benzene rings is 1. The van der Waals surface area contributed by atoms with E-state index >= 15 is 0 Å². The van der Waals surface area contributed by atoms with Crippen LogP contribution in [0.1, 0.15) is 0 Å². The van der Waals surface area contributed by atoms with Crippen molar-refractivity contribution in [2.75, 3.05) is 31.6 Å². The average molecular weight is 306 g/mol. The predicted octanol–water partition coefficient (Wildman–Crippen LogP) is 2.53. The summed E-state index contributed by atoms with van der Waals surface area (Å²) in [6.07, 6.45) is 0. The molecule has 1 heterocycles. The number of hydrazine groups is 1. The summed E-state index contributed by atoms with van der Waals surface area (Å²) < 4.78 is 5.25. The molecule has 7 heteroatoms. The molecule has 0 spiro atoms. The van der Waals surface area contributed by atoms with Crippen molar-refractivity contribution in [3.05, 3.63) is 28.2 Å². The molecule has 0 bridgehead atoms. The van der Waals surface area contributed by atoms with Crippen molar-refractivity contribution in [3.63, 3.8) is 0 Å². The maximum Gasteiger partial charge on any atom is 0.185 e. The lowest BCUT2D eigenvalue weighted by atomic mass is 10.3. The normalized spacial score (nSPS) is 16.3. The summed E-state index contributed by atoms with van der Waals surface area (Å²) in [5.41, 5.74) is 3.86. The number of ether oxygens (including phenoxy) is 1. The van der Waals surface area contributed by atoms with E-state index in [4.69, 9.17) is 40.2 Å². The Labute approximate surface area is 121 Å². The predicted molar refractivity (Wildman–Crippen MR) is 78.2 cm³/mol. The second-order valence-corrected chi connectivity index (χ2v) is 5.10. The number of nitrogens with zero attached hydrogens (tertiary/aromatic N) is 1. The van der Waals surface area contributed by atoms with Crippen molar-refractivity contribution >= 4 is 46.2 Å². The molecule has 0 atom stereocenters. The number of thiocarbonyl (C=S) groups is 1. The molecule has 1 aromatic rings. The number of hydrogen-bond donors (Lipinski definition) is 2. The molecule has 1 aliphatic heterocycles. The average Bonchev–Trinajstić information content (AvgIpc) is 2.28. The van der Waals surface area contributed by atoms with Crippen LogP contribution in [-0.4, -0.2) is 36.4 Å². The smallest absolute Gasteiger partial charge is 0.185 e. The Morgan fingerprint density at radius 1 is 1.17 bits per heavy atom. The molecule has 2 rings (SSSR count). The van der Waals surface area contributed by atoms with Gasteiger partial charge in [-0.05, 0) is 30.4 Å². The van der Waals surface area contributed by atoms with Crippen molar-refractivity contribution in [2.24, 2.45) is 0 Å². The van der Waals surface area contributed by atoms with Gasteiger partial charge in [-0.1, -0.05) is 23.2 Å². The Hall–Kier alpha value is -0.590. The fourth-order valence-electron chi connectivity index (χ4n) is 1.60. The third kappa shape index (κ3) is 4.26. The zero-order valence-corrected chi connectivity index (χ0v) is 11.9. The van der Waals surface area contributed by atoms with E-state index in [2.05, 4.69) is 10.7 Å². The van der Waals surface area contributed by atoms with Gasteiger partial charge in [-0.3, -0.25) is 5.43 Å². The first-order valence-electron chi connectivity index (χ1n) is 5.50. The monoisotopic (exact) mass is 305 g/mol. The first-order chi connectivity index (χ1) is 8.63. The molecule has 0 unspecified atom stereocenters. The summed E-state index contributed by atoms with van der Waals surface area (Å²) in [5.74, 6) is 0. The largest absolute Gasteiger partial charge is 0.379 e. The van der Waals surface area contributed by atoms with Gasteiger partial charge in [-0.2, -0.15) is 0 Å². The lowest BCUT2D eigenvalue weighted by molar-refractivity contribution is 0.0252. The molecule has 0 amide bonds. The van der Waals surface area contributed by atoms with Gasteiger partial charge < -0.3 is 10.1 Å². The van der Waals surface area contributed by atoms with Crippen molar-refractivity contribution < 1.29 is 4.74 Å². The first kappa shape index (κ1) is 13.8. The minimum Gasteiger partial charge on any atom is -0.379 e. The van der Waals surface area contributed by atoms with Gasteiger partial charge in [0.1, 0.15) is 0 Å². The van der Waals surface area contributed by atoms with Gasteiger partial charge in [-0.25, -0.2) is 5.01 Å². The summed E-state index contributed by atoms with van der Waals surface area (Å²) in [4.78, 5) is 0. The molecule has 0 saturated carbocycles. The van der Waals surface area contributed by atoms with Gasteiger partial charge in [0, 0.05) is 28.8 Å². The number of nitrogens with one attached hydrogen (secondary N) is 2. The topological polar surface area (TPSA) is 36.5 Å². The molecule has 2 N–H and O–H groups in total. The van der Waals surface area contributed by atoms with E-state index < -0.39 is 0 Å². The van der Waals surface area contributed by atoms with Crippen LogP contribution in [0.4, 0.5) is 5.69 Å². The van der Waals surface area contributed by atoms with E-state index in [0.29, 0.717) is 28.4 Å². The highest BCUT2D eigenvalue weighted by Gasteiger charge is 2.11. The van der Waals surface area contributed by atoms with Crippen LogP contribution in [0.15, 0.2) is 18.2 Å². The summed E-state index contributed by atoms with van der Waals surface area (Å²) in [6, 6.07) is 5.20. The molecule has 0 radical (unpaired) electrons. The standard InChI is InChI=1S/C11H13Cl2N3OS/c12-8-5-9(13)7-10(6-8)14-11(18)15-16-1-3-17-4-2-16/h5-7H,1-4H2,(H2,14,15,18). The number of rotatable bonds is 2. The molecular weight excluding hydrogens is 293 g/mol. The maximum absolute atomic E-state index is 5.91. The van der Waals surface area contributed by atoms with E-state index in [1.54, 1.807) is 18.2 Å². The lowest BCUT2D eigenvalue weighted by Crippen LogP contribution is -2.49. The Balaban J connectivity index is 1.89. The van der Waals surface area contributed by atoms with Crippen molar-refractivity contribution in [1.29, 1.82) is 0 Å². The van der Waals surface area contributed by atoms with Gasteiger partial charge >= 0.3 is 0 Å². The fraction of sp³-hybridized carbons (Fsp3) is 0.364. The highest BCUT2D eigenvalue weighted by atomic mass is 35.5. The molecule has 4 nitrogen and oxygen atoms in total. The molecule has 98 valence electrons. The second kappa shape index (κ2) is 6.54. The number of hydrogen-bond acceptors (Lipinski definition) is 3. The Bertz CT molecular complexity index is 418. The Morgan fingerprint density at radius 2 is 1.78 bits per heavy atom. The van der Waals surface area contributed by atoms with Gasteiger partial charge in [0.15, 0.2) is 5.11 Å². The quantitative estimate of drug-likeness (QED) is 0.821. The van der Waals surface area contributed by atoms with E-state index in [1.807, 2.05) is 5.01 Å². The van der Waals surface area contributed by atoms with Gasteiger partial charge in [-0.15, -0.1) is 0 Å². The van der Waals surface area contributed by atoms with E-state index in [-0.39, 0.29) is 0 Å². The first-order valence-corrected chi connectivity index (χ1v) is 6.66. The SMILES string of the molecule is S=C(Nc1cc(Cl)cc(Cl)c1)NN1CCOCC1.